The van der Waals surface area contributed by atoms with Crippen LogP contribution in [0, 0.1) is 5.82 Å². The molecule has 0 aromatic heterocycles. The second-order valence-electron chi connectivity index (χ2n) is 5.03. The van der Waals surface area contributed by atoms with Crippen molar-refractivity contribution in [3.8, 4) is 0 Å². The maximum absolute atomic E-state index is 13.2. The molecule has 0 fully saturated rings. The Morgan fingerprint density at radius 1 is 1.31 bits per heavy atom. The molecule has 1 aliphatic heterocycles. The smallest absolute Gasteiger partial charge is 0.328 e. The molecule has 1 heterocycles. The number of halogens is 1. The average Bonchev–Trinajstić information content (AvgIpc) is 3.04. The number of carboxylic acids is 2. The maximum atomic E-state index is 13.2. The lowest BCUT2D eigenvalue weighted by Gasteiger charge is -2.11. The summed E-state index contributed by atoms with van der Waals surface area (Å²) in [7, 11) is -3.39. The predicted octanol–water partition coefficient (Wildman–Crippen LogP) is 0.355. The first-order valence-electron chi connectivity index (χ1n) is 7.24. The van der Waals surface area contributed by atoms with Crippen LogP contribution >= 0.6 is 0 Å². The monoisotopic (exact) mass is 387 g/mol. The quantitative estimate of drug-likeness (QED) is 0.404. The van der Waals surface area contributed by atoms with Crippen molar-refractivity contribution in [3.05, 3.63) is 36.2 Å². The molecule has 0 saturated carbocycles. The number of amidine groups is 1. The number of carboxylic acid groups (broad SMARTS) is 2. The van der Waals surface area contributed by atoms with Crippen LogP contribution in [0.25, 0.3) is 0 Å². The zero-order valence-corrected chi connectivity index (χ0v) is 14.6. The third kappa shape index (κ3) is 7.75. The number of hydrogen-bond donors (Lipinski definition) is 4. The fourth-order valence-electron chi connectivity index (χ4n) is 1.85. The summed E-state index contributed by atoms with van der Waals surface area (Å²) < 4.78 is 36.3. The molecule has 11 heteroatoms. The van der Waals surface area contributed by atoms with E-state index in [9.17, 15) is 22.4 Å². The van der Waals surface area contributed by atoms with Gasteiger partial charge in [-0.3, -0.25) is 4.99 Å². The van der Waals surface area contributed by atoms with Crippen LogP contribution in [0.1, 0.15) is 0 Å². The third-order valence-electron chi connectivity index (χ3n) is 2.90. The highest BCUT2D eigenvalue weighted by Gasteiger charge is 2.14. The lowest BCUT2D eigenvalue weighted by molar-refractivity contribution is -0.134. The molecule has 0 bridgehead atoms. The molecule has 0 saturated heterocycles. The highest BCUT2D eigenvalue weighted by Crippen LogP contribution is 2.22. The standard InChI is InChI=1S/C11H14FN3O2S.C4H4O4/c1-18(16,17)10-3-2-8(12)6-9(10)15-7-11-13-4-5-14-11;5-3(6)1-2-4(7)8/h2-3,6,15H,4-5,7H2,1H3,(H,13,14);1-2H,(H,5,6)(H,7,8). The highest BCUT2D eigenvalue weighted by molar-refractivity contribution is 7.90. The van der Waals surface area contributed by atoms with Gasteiger partial charge in [0.25, 0.3) is 0 Å². The summed E-state index contributed by atoms with van der Waals surface area (Å²) in [5, 5.41) is 21.6. The number of hydrogen-bond acceptors (Lipinski definition) is 7. The van der Waals surface area contributed by atoms with Crippen LogP contribution in [0.4, 0.5) is 10.1 Å². The Hall–Kier alpha value is -2.95. The Kier molecular flexibility index (Phi) is 7.72. The summed E-state index contributed by atoms with van der Waals surface area (Å²) in [6, 6.07) is 3.57. The fraction of sp³-hybridized carbons (Fsp3) is 0.267. The van der Waals surface area contributed by atoms with Gasteiger partial charge in [-0.2, -0.15) is 0 Å². The minimum Gasteiger partial charge on any atom is -0.478 e. The van der Waals surface area contributed by atoms with E-state index in [1.807, 2.05) is 0 Å². The summed E-state index contributed by atoms with van der Waals surface area (Å²) in [6.45, 7) is 1.84. The molecule has 0 amide bonds. The van der Waals surface area contributed by atoms with E-state index in [1.54, 1.807) is 0 Å². The third-order valence-corrected chi connectivity index (χ3v) is 4.05. The van der Waals surface area contributed by atoms with E-state index < -0.39 is 27.6 Å². The molecule has 26 heavy (non-hydrogen) atoms. The highest BCUT2D eigenvalue weighted by atomic mass is 32.2. The molecule has 0 aliphatic carbocycles. The van der Waals surface area contributed by atoms with Gasteiger partial charge in [-0.05, 0) is 18.2 Å². The topological polar surface area (TPSA) is 145 Å². The Morgan fingerprint density at radius 2 is 1.92 bits per heavy atom. The molecule has 9 nitrogen and oxygen atoms in total. The van der Waals surface area contributed by atoms with Gasteiger partial charge in [-0.1, -0.05) is 0 Å². The molecule has 1 aromatic carbocycles. The van der Waals surface area contributed by atoms with E-state index in [2.05, 4.69) is 15.6 Å². The first-order valence-corrected chi connectivity index (χ1v) is 9.13. The van der Waals surface area contributed by atoms with Gasteiger partial charge in [0.15, 0.2) is 9.84 Å². The number of aliphatic carboxylic acids is 2. The van der Waals surface area contributed by atoms with Crippen LogP contribution < -0.4 is 10.6 Å². The summed E-state index contributed by atoms with van der Waals surface area (Å²) in [4.78, 5) is 23.4. The van der Waals surface area contributed by atoms with Gasteiger partial charge in [0.05, 0.1) is 23.7 Å². The van der Waals surface area contributed by atoms with Gasteiger partial charge in [-0.15, -0.1) is 0 Å². The van der Waals surface area contributed by atoms with Gasteiger partial charge in [0.1, 0.15) is 11.7 Å². The molecule has 4 N–H and O–H groups in total. The van der Waals surface area contributed by atoms with Crippen molar-refractivity contribution in [2.75, 3.05) is 31.2 Å². The number of nitrogens with one attached hydrogen (secondary N) is 2. The van der Waals surface area contributed by atoms with E-state index in [0.29, 0.717) is 25.2 Å². The molecule has 1 aliphatic rings. The van der Waals surface area contributed by atoms with Crippen LogP contribution in [0.5, 0.6) is 0 Å². The normalized spacial score (nSPS) is 13.4. The molecule has 0 spiro atoms. The molecule has 1 aromatic rings. The zero-order valence-electron chi connectivity index (χ0n) is 13.8. The first kappa shape index (κ1) is 21.1. The lowest BCUT2D eigenvalue weighted by atomic mass is 10.3. The minimum atomic E-state index is -3.39. The molecule has 0 radical (unpaired) electrons. The number of anilines is 1. The summed E-state index contributed by atoms with van der Waals surface area (Å²) in [5.74, 6) is -2.25. The zero-order chi connectivity index (χ0) is 19.7. The summed E-state index contributed by atoms with van der Waals surface area (Å²) >= 11 is 0. The molecule has 0 atom stereocenters. The largest absolute Gasteiger partial charge is 0.478 e. The molecule has 142 valence electrons. The second-order valence-corrected chi connectivity index (χ2v) is 7.02. The molecule has 2 rings (SSSR count). The predicted molar refractivity (Wildman–Crippen MR) is 92.7 cm³/mol. The number of rotatable bonds is 6. The Balaban J connectivity index is 0.000000359. The Labute approximate surface area is 149 Å². The molecular formula is C15H18FN3O6S. The van der Waals surface area contributed by atoms with Gasteiger partial charge in [0, 0.05) is 25.0 Å². The van der Waals surface area contributed by atoms with Crippen LogP contribution in [-0.4, -0.2) is 62.3 Å². The van der Waals surface area contributed by atoms with Crippen molar-refractivity contribution in [1.29, 1.82) is 0 Å². The number of carbonyl (C=O) groups is 2. The SMILES string of the molecule is CS(=O)(=O)c1ccc(F)cc1NCC1=NCCN1.O=C(O)C=CC(=O)O. The van der Waals surface area contributed by atoms with Crippen LogP contribution in [-0.2, 0) is 19.4 Å². The number of nitrogens with zero attached hydrogens (tertiary/aromatic N) is 1. The van der Waals surface area contributed by atoms with E-state index >= 15 is 0 Å². The molecule has 0 unspecified atom stereocenters. The van der Waals surface area contributed by atoms with Crippen LogP contribution in [0.15, 0.2) is 40.2 Å². The average molecular weight is 387 g/mol. The van der Waals surface area contributed by atoms with E-state index in [0.717, 1.165) is 24.7 Å². The van der Waals surface area contributed by atoms with Crippen molar-refractivity contribution in [3.63, 3.8) is 0 Å². The van der Waals surface area contributed by atoms with Crippen molar-refractivity contribution in [2.24, 2.45) is 4.99 Å². The van der Waals surface area contributed by atoms with E-state index in [1.165, 1.54) is 12.1 Å². The summed E-state index contributed by atoms with van der Waals surface area (Å²) in [6.07, 6.45) is 2.21. The van der Waals surface area contributed by atoms with Gasteiger partial charge < -0.3 is 20.8 Å². The van der Waals surface area contributed by atoms with Gasteiger partial charge in [0.2, 0.25) is 0 Å². The Bertz CT molecular complexity index is 820. The van der Waals surface area contributed by atoms with Crippen molar-refractivity contribution in [1.82, 2.24) is 5.32 Å². The maximum Gasteiger partial charge on any atom is 0.328 e. The van der Waals surface area contributed by atoms with Crippen LogP contribution in [0.2, 0.25) is 0 Å². The van der Waals surface area contributed by atoms with E-state index in [4.69, 9.17) is 10.2 Å². The first-order chi connectivity index (χ1) is 12.1. The number of sulfone groups is 1. The number of aliphatic imine (C=N–C) groups is 1. The van der Waals surface area contributed by atoms with Gasteiger partial charge >= 0.3 is 11.9 Å². The Morgan fingerprint density at radius 3 is 2.38 bits per heavy atom. The number of benzene rings is 1. The van der Waals surface area contributed by atoms with Gasteiger partial charge in [-0.25, -0.2) is 22.4 Å². The van der Waals surface area contributed by atoms with Crippen molar-refractivity contribution >= 4 is 33.3 Å². The fourth-order valence-corrected chi connectivity index (χ4v) is 2.70. The van der Waals surface area contributed by atoms with Crippen molar-refractivity contribution < 1.29 is 32.6 Å². The molecular weight excluding hydrogens is 369 g/mol. The van der Waals surface area contributed by atoms with E-state index in [-0.39, 0.29) is 10.6 Å². The summed E-state index contributed by atoms with van der Waals surface area (Å²) in [5.41, 5.74) is 0.258. The lowest BCUT2D eigenvalue weighted by Crippen LogP contribution is -2.26. The van der Waals surface area contributed by atoms with Crippen LogP contribution in [0.3, 0.4) is 0 Å². The van der Waals surface area contributed by atoms with Crippen molar-refractivity contribution in [2.45, 2.75) is 4.90 Å². The second kappa shape index (κ2) is 9.51. The minimum absolute atomic E-state index is 0.0856.